The van der Waals surface area contributed by atoms with Crippen molar-refractivity contribution in [3.05, 3.63) is 29.3 Å². The summed E-state index contributed by atoms with van der Waals surface area (Å²) in [4.78, 5) is 29.9. The third kappa shape index (κ3) is 5.64. The van der Waals surface area contributed by atoms with E-state index in [1.807, 2.05) is 0 Å². The summed E-state index contributed by atoms with van der Waals surface area (Å²) in [6, 6.07) is 6.60. The van der Waals surface area contributed by atoms with Crippen molar-refractivity contribution in [3.8, 4) is 0 Å². The van der Waals surface area contributed by atoms with Gasteiger partial charge in [0.05, 0.1) is 17.5 Å². The van der Waals surface area contributed by atoms with Crippen LogP contribution in [0.1, 0.15) is 20.8 Å². The van der Waals surface area contributed by atoms with Gasteiger partial charge >= 0.3 is 6.09 Å². The van der Waals surface area contributed by atoms with Crippen molar-refractivity contribution < 1.29 is 22.7 Å². The number of amides is 2. The van der Waals surface area contributed by atoms with Gasteiger partial charge in [0.25, 0.3) is 5.91 Å². The average Bonchev–Trinajstić information content (AvgIpc) is 3.03. The van der Waals surface area contributed by atoms with E-state index in [0.717, 1.165) is 0 Å². The highest BCUT2D eigenvalue weighted by molar-refractivity contribution is 8.16. The standard InChI is InChI=1S/C18H22ClN3O5S2/c1-18(2,3)27-17(24)20-8-15(23)21-16-22(12-6-4-11(19)5-7-12)13-9-29(25,26)10-14(13)28-16/h4-7,13-14H,8-10H2,1-3H3,(H,20,24)/t13-,14-/m0/s1. The Labute approximate surface area is 178 Å². The van der Waals surface area contributed by atoms with Crippen LogP contribution in [0.2, 0.25) is 5.02 Å². The molecule has 2 amide bonds. The second-order valence-corrected chi connectivity index (χ2v) is 11.6. The fourth-order valence-corrected chi connectivity index (χ4v) is 7.13. The van der Waals surface area contributed by atoms with Gasteiger partial charge in [-0.1, -0.05) is 23.4 Å². The van der Waals surface area contributed by atoms with Crippen molar-refractivity contribution in [2.75, 3.05) is 23.0 Å². The van der Waals surface area contributed by atoms with Crippen LogP contribution in [0.5, 0.6) is 0 Å². The number of aliphatic imine (C=N–C) groups is 1. The largest absolute Gasteiger partial charge is 0.444 e. The molecule has 3 rings (SSSR count). The maximum atomic E-state index is 12.3. The van der Waals surface area contributed by atoms with Gasteiger partial charge in [-0.05, 0) is 45.0 Å². The number of benzene rings is 1. The Balaban J connectivity index is 1.77. The molecule has 2 aliphatic rings. The van der Waals surface area contributed by atoms with Crippen molar-refractivity contribution in [2.24, 2.45) is 4.99 Å². The number of hydrogen-bond acceptors (Lipinski definition) is 6. The molecule has 8 nitrogen and oxygen atoms in total. The first-order chi connectivity index (χ1) is 13.4. The Kier molecular flexibility index (Phi) is 6.16. The SMILES string of the molecule is CC(C)(C)OC(=O)NCC(=O)N=C1S[C@H]2CS(=O)(=O)C[C@@H]2N1c1ccc(Cl)cc1. The van der Waals surface area contributed by atoms with Gasteiger partial charge < -0.3 is 15.0 Å². The molecule has 1 aromatic carbocycles. The van der Waals surface area contributed by atoms with Crippen molar-refractivity contribution in [2.45, 2.75) is 37.7 Å². The van der Waals surface area contributed by atoms with E-state index >= 15 is 0 Å². The molecular formula is C18H22ClN3O5S2. The summed E-state index contributed by atoms with van der Waals surface area (Å²) in [5, 5.41) is 3.13. The van der Waals surface area contributed by atoms with E-state index in [1.54, 1.807) is 49.9 Å². The molecule has 0 aromatic heterocycles. The molecule has 29 heavy (non-hydrogen) atoms. The van der Waals surface area contributed by atoms with E-state index in [1.165, 1.54) is 11.8 Å². The number of hydrogen-bond donors (Lipinski definition) is 1. The number of ether oxygens (including phenoxy) is 1. The minimum Gasteiger partial charge on any atom is -0.444 e. The highest BCUT2D eigenvalue weighted by atomic mass is 35.5. The van der Waals surface area contributed by atoms with E-state index in [-0.39, 0.29) is 29.3 Å². The molecule has 11 heteroatoms. The van der Waals surface area contributed by atoms with Crippen LogP contribution in [0.3, 0.4) is 0 Å². The van der Waals surface area contributed by atoms with Crippen LogP contribution >= 0.6 is 23.4 Å². The molecular weight excluding hydrogens is 438 g/mol. The number of fused-ring (bicyclic) bond motifs is 1. The normalized spacial score (nSPS) is 24.4. The first-order valence-electron chi connectivity index (χ1n) is 8.94. The lowest BCUT2D eigenvalue weighted by Crippen LogP contribution is -2.38. The first-order valence-corrected chi connectivity index (χ1v) is 12.0. The molecule has 2 heterocycles. The Morgan fingerprint density at radius 3 is 2.55 bits per heavy atom. The third-order valence-electron chi connectivity index (χ3n) is 4.17. The predicted octanol–water partition coefficient (Wildman–Crippen LogP) is 2.47. The number of anilines is 1. The van der Waals surface area contributed by atoms with Gasteiger partial charge in [0.2, 0.25) is 0 Å². The lowest BCUT2D eigenvalue weighted by Gasteiger charge is -2.24. The Bertz CT molecular complexity index is 941. The summed E-state index contributed by atoms with van der Waals surface area (Å²) in [6.45, 7) is 4.85. The van der Waals surface area contributed by atoms with E-state index in [2.05, 4.69) is 10.3 Å². The number of nitrogens with zero attached hydrogens (tertiary/aromatic N) is 2. The Morgan fingerprint density at radius 1 is 1.28 bits per heavy atom. The van der Waals surface area contributed by atoms with Crippen molar-refractivity contribution >= 4 is 56.1 Å². The summed E-state index contributed by atoms with van der Waals surface area (Å²) >= 11 is 7.22. The zero-order valence-corrected chi connectivity index (χ0v) is 18.6. The zero-order chi connectivity index (χ0) is 21.4. The van der Waals surface area contributed by atoms with Crippen LogP contribution in [0.4, 0.5) is 10.5 Å². The van der Waals surface area contributed by atoms with Gasteiger partial charge in [-0.25, -0.2) is 13.2 Å². The maximum Gasteiger partial charge on any atom is 0.408 e. The zero-order valence-electron chi connectivity index (χ0n) is 16.2. The molecule has 0 bridgehead atoms. The van der Waals surface area contributed by atoms with Crippen LogP contribution in [0.15, 0.2) is 29.3 Å². The lowest BCUT2D eigenvalue weighted by atomic mass is 10.2. The Morgan fingerprint density at radius 2 is 1.93 bits per heavy atom. The van der Waals surface area contributed by atoms with E-state index in [9.17, 15) is 18.0 Å². The fraction of sp³-hybridized carbons (Fsp3) is 0.500. The third-order valence-corrected chi connectivity index (χ3v) is 7.64. The summed E-state index contributed by atoms with van der Waals surface area (Å²) in [5.74, 6) is -0.521. The van der Waals surface area contributed by atoms with Crippen molar-refractivity contribution in [3.63, 3.8) is 0 Å². The van der Waals surface area contributed by atoms with Crippen molar-refractivity contribution in [1.82, 2.24) is 5.32 Å². The summed E-state index contributed by atoms with van der Waals surface area (Å²) in [7, 11) is -3.15. The molecule has 0 radical (unpaired) electrons. The second kappa shape index (κ2) is 8.16. The van der Waals surface area contributed by atoms with E-state index in [4.69, 9.17) is 16.3 Å². The van der Waals surface area contributed by atoms with Gasteiger partial charge in [-0.3, -0.25) is 4.79 Å². The molecule has 0 saturated carbocycles. The van der Waals surface area contributed by atoms with Gasteiger partial charge in [0.1, 0.15) is 12.1 Å². The summed E-state index contributed by atoms with van der Waals surface area (Å²) in [5.41, 5.74) is 0.0346. The van der Waals surface area contributed by atoms with Gasteiger partial charge in [-0.15, -0.1) is 0 Å². The number of sulfone groups is 1. The molecule has 2 aliphatic heterocycles. The highest BCUT2D eigenvalue weighted by Gasteiger charge is 2.49. The van der Waals surface area contributed by atoms with E-state index in [0.29, 0.717) is 15.9 Å². The predicted molar refractivity (Wildman–Crippen MR) is 114 cm³/mol. The number of alkyl carbamates (subject to hydrolysis) is 1. The second-order valence-electron chi connectivity index (χ2n) is 7.79. The minimum atomic E-state index is -3.15. The van der Waals surface area contributed by atoms with Gasteiger partial charge in [0.15, 0.2) is 15.0 Å². The van der Waals surface area contributed by atoms with Crippen LogP contribution < -0.4 is 10.2 Å². The molecule has 0 aliphatic carbocycles. The van der Waals surface area contributed by atoms with Crippen molar-refractivity contribution in [1.29, 1.82) is 0 Å². The Hall–Kier alpha value is -1.78. The number of nitrogens with one attached hydrogen (secondary N) is 1. The fourth-order valence-electron chi connectivity index (χ4n) is 3.08. The average molecular weight is 460 g/mol. The molecule has 1 aromatic rings. The smallest absolute Gasteiger partial charge is 0.408 e. The van der Waals surface area contributed by atoms with Crippen LogP contribution in [0.25, 0.3) is 0 Å². The molecule has 158 valence electrons. The minimum absolute atomic E-state index is 0.00331. The quantitative estimate of drug-likeness (QED) is 0.740. The first kappa shape index (κ1) is 21.9. The van der Waals surface area contributed by atoms with Gasteiger partial charge in [-0.2, -0.15) is 4.99 Å². The monoisotopic (exact) mass is 459 g/mol. The molecule has 2 saturated heterocycles. The molecule has 0 spiro atoms. The number of carbonyl (C=O) groups is 2. The number of amidine groups is 1. The molecule has 2 fully saturated rings. The highest BCUT2D eigenvalue weighted by Crippen LogP contribution is 2.41. The van der Waals surface area contributed by atoms with E-state index < -0.39 is 27.4 Å². The summed E-state index contributed by atoms with van der Waals surface area (Å²) < 4.78 is 29.2. The van der Waals surface area contributed by atoms with Crippen LogP contribution in [0, 0.1) is 0 Å². The maximum absolute atomic E-state index is 12.3. The number of halogens is 1. The number of rotatable bonds is 3. The van der Waals surface area contributed by atoms with Gasteiger partial charge in [0, 0.05) is 16.0 Å². The number of thioether (sulfide) groups is 1. The van der Waals surface area contributed by atoms with Crippen LogP contribution in [-0.2, 0) is 19.4 Å². The molecule has 1 N–H and O–H groups in total. The topological polar surface area (TPSA) is 105 Å². The molecule has 2 atom stereocenters. The summed E-state index contributed by atoms with van der Waals surface area (Å²) in [6.07, 6.45) is -0.706. The lowest BCUT2D eigenvalue weighted by molar-refractivity contribution is -0.117. The number of carbonyl (C=O) groups excluding carboxylic acids is 2. The molecule has 0 unspecified atom stereocenters. The van der Waals surface area contributed by atoms with Crippen LogP contribution in [-0.4, -0.2) is 60.5 Å².